The van der Waals surface area contributed by atoms with Crippen LogP contribution in [0, 0.1) is 0 Å². The molecule has 1 fully saturated rings. The van der Waals surface area contributed by atoms with Gasteiger partial charge in [-0.25, -0.2) is 9.59 Å². The average molecular weight is 249 g/mol. The number of carbonyl (C=O) groups is 2. The number of nitrogens with zero attached hydrogens (tertiary/aromatic N) is 1. The van der Waals surface area contributed by atoms with Crippen LogP contribution in [-0.2, 0) is 20.9 Å². The number of hydrogen-bond donors (Lipinski definition) is 0. The molecule has 96 valence electrons. The Kier molecular flexibility index (Phi) is 3.50. The number of hydrogen-bond acceptors (Lipinski definition) is 4. The molecule has 18 heavy (non-hydrogen) atoms. The highest BCUT2D eigenvalue weighted by Crippen LogP contribution is 2.18. The van der Waals surface area contributed by atoms with Gasteiger partial charge in [-0.05, 0) is 12.5 Å². The van der Waals surface area contributed by atoms with Gasteiger partial charge in [-0.1, -0.05) is 30.3 Å². The topological polar surface area (TPSA) is 55.8 Å². The van der Waals surface area contributed by atoms with Crippen LogP contribution in [0.2, 0.25) is 0 Å². The lowest BCUT2D eigenvalue weighted by atomic mass is 10.2. The van der Waals surface area contributed by atoms with Gasteiger partial charge in [0, 0.05) is 7.05 Å². The quantitative estimate of drug-likeness (QED) is 0.763. The summed E-state index contributed by atoms with van der Waals surface area (Å²) >= 11 is 0. The second kappa shape index (κ2) is 5.08. The molecule has 1 aromatic carbocycles. The molecule has 0 bridgehead atoms. The highest BCUT2D eigenvalue weighted by molar-refractivity contribution is 5.84. The van der Waals surface area contributed by atoms with Crippen molar-refractivity contribution in [3.05, 3.63) is 35.9 Å². The first-order chi connectivity index (χ1) is 8.59. The summed E-state index contributed by atoms with van der Waals surface area (Å²) in [5.74, 6) is -0.445. The van der Waals surface area contributed by atoms with Gasteiger partial charge < -0.3 is 9.47 Å². The highest BCUT2D eigenvalue weighted by Gasteiger charge is 2.42. The molecule has 1 amide bonds. The van der Waals surface area contributed by atoms with E-state index >= 15 is 0 Å². The number of esters is 1. The van der Waals surface area contributed by atoms with Crippen molar-refractivity contribution in [3.63, 3.8) is 0 Å². The Morgan fingerprint density at radius 3 is 2.61 bits per heavy atom. The Bertz CT molecular complexity index is 446. The van der Waals surface area contributed by atoms with Gasteiger partial charge in [-0.15, -0.1) is 0 Å². The maximum atomic E-state index is 11.9. The maximum absolute atomic E-state index is 11.9. The van der Waals surface area contributed by atoms with Crippen molar-refractivity contribution in [2.24, 2.45) is 0 Å². The smallest absolute Gasteiger partial charge is 0.410 e. The fourth-order valence-electron chi connectivity index (χ4n) is 1.90. The monoisotopic (exact) mass is 249 g/mol. The van der Waals surface area contributed by atoms with Crippen molar-refractivity contribution in [1.29, 1.82) is 0 Å². The summed E-state index contributed by atoms with van der Waals surface area (Å²) in [5, 5.41) is 0. The number of cyclic esters (lactones) is 1. The molecule has 5 heteroatoms. The van der Waals surface area contributed by atoms with E-state index in [2.05, 4.69) is 0 Å². The molecule has 2 atom stereocenters. The molecule has 2 unspecified atom stereocenters. The third kappa shape index (κ3) is 2.45. The molecule has 1 heterocycles. The summed E-state index contributed by atoms with van der Waals surface area (Å²) in [5.41, 5.74) is 0.909. The highest BCUT2D eigenvalue weighted by atomic mass is 16.6. The van der Waals surface area contributed by atoms with Crippen molar-refractivity contribution < 1.29 is 19.1 Å². The molecule has 1 aliphatic rings. The van der Waals surface area contributed by atoms with Crippen molar-refractivity contribution in [3.8, 4) is 0 Å². The lowest BCUT2D eigenvalue weighted by Crippen LogP contribution is -2.40. The molecule has 1 aromatic rings. The number of rotatable bonds is 3. The molecular formula is C13H15NO4. The Hall–Kier alpha value is -2.04. The zero-order chi connectivity index (χ0) is 13.1. The van der Waals surface area contributed by atoms with Gasteiger partial charge in [-0.3, -0.25) is 4.90 Å². The minimum atomic E-state index is -0.666. The van der Waals surface area contributed by atoms with Gasteiger partial charge in [0.2, 0.25) is 0 Å². The van der Waals surface area contributed by atoms with Crippen molar-refractivity contribution in [1.82, 2.24) is 4.90 Å². The van der Waals surface area contributed by atoms with Crippen LogP contribution >= 0.6 is 0 Å². The Morgan fingerprint density at radius 1 is 1.39 bits per heavy atom. The summed E-state index contributed by atoms with van der Waals surface area (Å²) < 4.78 is 10.1. The van der Waals surface area contributed by atoms with E-state index in [0.717, 1.165) is 5.56 Å². The second-order valence-electron chi connectivity index (χ2n) is 4.24. The fraction of sp³-hybridized carbons (Fsp3) is 0.385. The summed E-state index contributed by atoms with van der Waals surface area (Å²) in [6, 6.07) is 8.72. The van der Waals surface area contributed by atoms with Crippen LogP contribution in [0.4, 0.5) is 4.79 Å². The standard InChI is InChI=1S/C13H15NO4/c1-9-11(14(2)13(16)18-9)12(15)17-8-10-6-4-3-5-7-10/h3-7,9,11H,8H2,1-2H3. The van der Waals surface area contributed by atoms with Gasteiger partial charge in [-0.2, -0.15) is 0 Å². The van der Waals surface area contributed by atoms with Crippen LogP contribution in [0.5, 0.6) is 0 Å². The number of amides is 1. The van der Waals surface area contributed by atoms with Crippen molar-refractivity contribution in [2.75, 3.05) is 7.05 Å². The first kappa shape index (κ1) is 12.4. The van der Waals surface area contributed by atoms with Gasteiger partial charge in [0.25, 0.3) is 0 Å². The van der Waals surface area contributed by atoms with Crippen LogP contribution in [0.25, 0.3) is 0 Å². The fourth-order valence-corrected chi connectivity index (χ4v) is 1.90. The van der Waals surface area contributed by atoms with Crippen LogP contribution < -0.4 is 0 Å². The third-order valence-corrected chi connectivity index (χ3v) is 2.90. The summed E-state index contributed by atoms with van der Waals surface area (Å²) in [7, 11) is 1.53. The van der Waals surface area contributed by atoms with Crippen molar-refractivity contribution >= 4 is 12.1 Å². The first-order valence-electron chi connectivity index (χ1n) is 5.73. The van der Waals surface area contributed by atoms with Crippen LogP contribution in [0.1, 0.15) is 12.5 Å². The van der Waals surface area contributed by atoms with Gasteiger partial charge in [0.1, 0.15) is 12.7 Å². The summed E-state index contributed by atoms with van der Waals surface area (Å²) in [4.78, 5) is 24.4. The Morgan fingerprint density at radius 2 is 2.06 bits per heavy atom. The number of likely N-dealkylation sites (N-methyl/N-ethyl adjacent to an activating group) is 1. The largest absolute Gasteiger partial charge is 0.459 e. The van der Waals surface area contributed by atoms with E-state index in [9.17, 15) is 9.59 Å². The molecule has 0 radical (unpaired) electrons. The Labute approximate surface area is 105 Å². The number of benzene rings is 1. The zero-order valence-corrected chi connectivity index (χ0v) is 10.3. The van der Waals surface area contributed by atoms with E-state index < -0.39 is 24.2 Å². The van der Waals surface area contributed by atoms with E-state index in [1.165, 1.54) is 11.9 Å². The van der Waals surface area contributed by atoms with Crippen molar-refractivity contribution in [2.45, 2.75) is 25.7 Å². The lowest BCUT2D eigenvalue weighted by Gasteiger charge is -2.17. The molecule has 0 spiro atoms. The molecule has 2 rings (SSSR count). The van der Waals surface area contributed by atoms with Gasteiger partial charge >= 0.3 is 12.1 Å². The number of ether oxygens (including phenoxy) is 2. The predicted molar refractivity (Wildman–Crippen MR) is 63.7 cm³/mol. The average Bonchev–Trinajstić information content (AvgIpc) is 2.62. The second-order valence-corrected chi connectivity index (χ2v) is 4.24. The molecule has 5 nitrogen and oxygen atoms in total. The van der Waals surface area contributed by atoms with Crippen LogP contribution in [0.15, 0.2) is 30.3 Å². The summed E-state index contributed by atoms with van der Waals surface area (Å²) in [6.07, 6.45) is -0.977. The number of carbonyl (C=O) groups excluding carboxylic acids is 2. The van der Waals surface area contributed by atoms with E-state index in [1.807, 2.05) is 30.3 Å². The molecule has 1 aliphatic heterocycles. The molecule has 0 N–H and O–H groups in total. The van der Waals surface area contributed by atoms with Gasteiger partial charge in [0.05, 0.1) is 0 Å². The molecule has 1 saturated heterocycles. The predicted octanol–water partition coefficient (Wildman–Crippen LogP) is 1.57. The van der Waals surface area contributed by atoms with E-state index in [-0.39, 0.29) is 6.61 Å². The summed E-state index contributed by atoms with van der Waals surface area (Å²) in [6.45, 7) is 1.88. The van der Waals surface area contributed by atoms with Crippen LogP contribution in [-0.4, -0.2) is 36.2 Å². The molecular weight excluding hydrogens is 234 g/mol. The van der Waals surface area contributed by atoms with E-state index in [4.69, 9.17) is 9.47 Å². The van der Waals surface area contributed by atoms with Gasteiger partial charge in [0.15, 0.2) is 6.04 Å². The SMILES string of the molecule is CC1OC(=O)N(C)C1C(=O)OCc1ccccc1. The lowest BCUT2D eigenvalue weighted by molar-refractivity contribution is -0.150. The minimum absolute atomic E-state index is 0.199. The molecule has 0 saturated carbocycles. The zero-order valence-electron chi connectivity index (χ0n) is 10.3. The minimum Gasteiger partial charge on any atom is -0.459 e. The first-order valence-corrected chi connectivity index (χ1v) is 5.73. The molecule has 0 aliphatic carbocycles. The molecule has 0 aromatic heterocycles. The van der Waals surface area contributed by atoms with E-state index in [1.54, 1.807) is 6.92 Å². The van der Waals surface area contributed by atoms with E-state index in [0.29, 0.717) is 0 Å². The van der Waals surface area contributed by atoms with Crippen LogP contribution in [0.3, 0.4) is 0 Å². The maximum Gasteiger partial charge on any atom is 0.410 e. The Balaban J connectivity index is 1.94. The normalized spacial score (nSPS) is 22.8. The third-order valence-electron chi connectivity index (χ3n) is 2.90.